The van der Waals surface area contributed by atoms with Crippen molar-refractivity contribution in [3.05, 3.63) is 35.1 Å². The molecule has 1 amide bonds. The van der Waals surface area contributed by atoms with Gasteiger partial charge in [0, 0.05) is 25.3 Å². The Labute approximate surface area is 106 Å². The van der Waals surface area contributed by atoms with E-state index in [0.29, 0.717) is 30.7 Å². The quantitative estimate of drug-likeness (QED) is 0.802. The van der Waals surface area contributed by atoms with Gasteiger partial charge in [-0.05, 0) is 37.1 Å². The molecule has 0 aliphatic carbocycles. The van der Waals surface area contributed by atoms with Crippen LogP contribution in [-0.2, 0) is 4.74 Å². The molecule has 100 valence electrons. The molecule has 1 aromatic carbocycles. The summed E-state index contributed by atoms with van der Waals surface area (Å²) in [7, 11) is 1.58. The van der Waals surface area contributed by atoms with Crippen LogP contribution in [0, 0.1) is 12.7 Å². The Morgan fingerprint density at radius 1 is 1.56 bits per heavy atom. The van der Waals surface area contributed by atoms with Gasteiger partial charge < -0.3 is 15.8 Å². The van der Waals surface area contributed by atoms with Crippen molar-refractivity contribution < 1.29 is 13.9 Å². The third kappa shape index (κ3) is 4.43. The van der Waals surface area contributed by atoms with E-state index >= 15 is 0 Å². The molecule has 0 aromatic heterocycles. The van der Waals surface area contributed by atoms with Crippen molar-refractivity contribution in [1.82, 2.24) is 5.32 Å². The molecule has 0 radical (unpaired) electrons. The van der Waals surface area contributed by atoms with Gasteiger partial charge in [0.15, 0.2) is 0 Å². The van der Waals surface area contributed by atoms with Crippen LogP contribution < -0.4 is 11.1 Å². The average molecular weight is 254 g/mol. The molecule has 0 fully saturated rings. The number of rotatable bonds is 6. The predicted molar refractivity (Wildman–Crippen MR) is 67.9 cm³/mol. The van der Waals surface area contributed by atoms with Gasteiger partial charge in [-0.3, -0.25) is 4.79 Å². The van der Waals surface area contributed by atoms with Gasteiger partial charge in [-0.1, -0.05) is 0 Å². The molecule has 0 bridgehead atoms. The fraction of sp³-hybridized carbons (Fsp3) is 0.462. The second kappa shape index (κ2) is 7.08. The fourth-order valence-electron chi connectivity index (χ4n) is 1.65. The Kier molecular flexibility index (Phi) is 5.74. The van der Waals surface area contributed by atoms with E-state index < -0.39 is 0 Å². The lowest BCUT2D eigenvalue weighted by Crippen LogP contribution is -2.33. The number of hydrogen-bond acceptors (Lipinski definition) is 3. The van der Waals surface area contributed by atoms with E-state index in [-0.39, 0.29) is 17.8 Å². The van der Waals surface area contributed by atoms with Gasteiger partial charge in [-0.2, -0.15) is 0 Å². The number of nitrogens with one attached hydrogen (secondary N) is 1. The molecule has 0 heterocycles. The number of halogens is 1. The van der Waals surface area contributed by atoms with Crippen LogP contribution in [-0.4, -0.2) is 32.2 Å². The fourth-order valence-corrected chi connectivity index (χ4v) is 1.65. The number of methoxy groups -OCH3 is 1. The smallest absolute Gasteiger partial charge is 0.251 e. The first-order valence-electron chi connectivity index (χ1n) is 5.83. The highest BCUT2D eigenvalue weighted by Crippen LogP contribution is 2.09. The highest BCUT2D eigenvalue weighted by Gasteiger charge is 2.09. The lowest BCUT2D eigenvalue weighted by Gasteiger charge is -2.11. The number of aryl methyl sites for hydroxylation is 1. The molecule has 0 aliphatic heterocycles. The van der Waals surface area contributed by atoms with Crippen LogP contribution in [0.15, 0.2) is 18.2 Å². The third-order valence-corrected chi connectivity index (χ3v) is 2.61. The SMILES string of the molecule is COCC(N)CCNC(=O)c1ccc(F)cc1C. The van der Waals surface area contributed by atoms with Crippen molar-refractivity contribution in [2.24, 2.45) is 5.73 Å². The number of hydrogen-bond donors (Lipinski definition) is 2. The number of carbonyl (C=O) groups excluding carboxylic acids is 1. The lowest BCUT2D eigenvalue weighted by molar-refractivity contribution is 0.0949. The maximum atomic E-state index is 12.9. The summed E-state index contributed by atoms with van der Waals surface area (Å²) in [5.74, 6) is -0.553. The standard InChI is InChI=1S/C13H19FN2O2/c1-9-7-10(14)3-4-12(9)13(17)16-6-5-11(15)8-18-2/h3-4,7,11H,5-6,8,15H2,1-2H3,(H,16,17). The van der Waals surface area contributed by atoms with Crippen molar-refractivity contribution in [2.45, 2.75) is 19.4 Å². The Balaban J connectivity index is 2.45. The normalized spacial score (nSPS) is 12.2. The number of carbonyl (C=O) groups is 1. The molecule has 3 N–H and O–H groups in total. The van der Waals surface area contributed by atoms with Gasteiger partial charge in [0.2, 0.25) is 0 Å². The number of benzene rings is 1. The molecular formula is C13H19FN2O2. The van der Waals surface area contributed by atoms with E-state index in [1.807, 2.05) is 0 Å². The van der Waals surface area contributed by atoms with Crippen molar-refractivity contribution in [2.75, 3.05) is 20.3 Å². The second-order valence-corrected chi connectivity index (χ2v) is 4.22. The van der Waals surface area contributed by atoms with Gasteiger partial charge in [-0.25, -0.2) is 4.39 Å². The third-order valence-electron chi connectivity index (χ3n) is 2.61. The molecule has 1 aromatic rings. The summed E-state index contributed by atoms with van der Waals surface area (Å²) in [6, 6.07) is 4.00. The van der Waals surface area contributed by atoms with Crippen LogP contribution in [0.3, 0.4) is 0 Å². The molecule has 0 aliphatic rings. The molecule has 1 rings (SSSR count). The topological polar surface area (TPSA) is 64.3 Å². The minimum absolute atomic E-state index is 0.0929. The lowest BCUT2D eigenvalue weighted by atomic mass is 10.1. The Morgan fingerprint density at radius 2 is 2.28 bits per heavy atom. The highest BCUT2D eigenvalue weighted by molar-refractivity contribution is 5.95. The van der Waals surface area contributed by atoms with Crippen LogP contribution in [0.1, 0.15) is 22.3 Å². The maximum absolute atomic E-state index is 12.9. The van der Waals surface area contributed by atoms with E-state index in [0.717, 1.165) is 0 Å². The predicted octanol–water partition coefficient (Wildman–Crippen LogP) is 1.23. The number of nitrogens with two attached hydrogens (primary N) is 1. The highest BCUT2D eigenvalue weighted by atomic mass is 19.1. The first-order chi connectivity index (χ1) is 8.54. The summed E-state index contributed by atoms with van der Waals surface area (Å²) in [4.78, 5) is 11.8. The van der Waals surface area contributed by atoms with Crippen molar-refractivity contribution in [3.63, 3.8) is 0 Å². The minimum Gasteiger partial charge on any atom is -0.383 e. The van der Waals surface area contributed by atoms with Crippen molar-refractivity contribution >= 4 is 5.91 Å². The Bertz CT molecular complexity index is 410. The second-order valence-electron chi connectivity index (χ2n) is 4.22. The Morgan fingerprint density at radius 3 is 2.89 bits per heavy atom. The van der Waals surface area contributed by atoms with Gasteiger partial charge in [0.25, 0.3) is 5.91 Å². The van der Waals surface area contributed by atoms with E-state index in [1.165, 1.54) is 18.2 Å². The largest absolute Gasteiger partial charge is 0.383 e. The summed E-state index contributed by atoms with van der Waals surface area (Å²) < 4.78 is 17.8. The summed E-state index contributed by atoms with van der Waals surface area (Å²) in [5, 5.41) is 2.75. The molecule has 18 heavy (non-hydrogen) atoms. The van der Waals surface area contributed by atoms with Gasteiger partial charge in [-0.15, -0.1) is 0 Å². The van der Waals surface area contributed by atoms with Crippen LogP contribution >= 0.6 is 0 Å². The van der Waals surface area contributed by atoms with Crippen molar-refractivity contribution in [1.29, 1.82) is 0 Å². The van der Waals surface area contributed by atoms with Gasteiger partial charge in [0.05, 0.1) is 6.61 Å². The molecule has 0 saturated heterocycles. The maximum Gasteiger partial charge on any atom is 0.251 e. The van der Waals surface area contributed by atoms with Crippen LogP contribution in [0.25, 0.3) is 0 Å². The van der Waals surface area contributed by atoms with E-state index in [4.69, 9.17) is 10.5 Å². The first kappa shape index (κ1) is 14.6. The summed E-state index contributed by atoms with van der Waals surface area (Å²) in [6.45, 7) is 2.64. The van der Waals surface area contributed by atoms with E-state index in [1.54, 1.807) is 14.0 Å². The molecule has 0 spiro atoms. The monoisotopic (exact) mass is 254 g/mol. The molecule has 5 heteroatoms. The van der Waals surface area contributed by atoms with Gasteiger partial charge >= 0.3 is 0 Å². The zero-order chi connectivity index (χ0) is 13.5. The van der Waals surface area contributed by atoms with E-state index in [2.05, 4.69) is 5.32 Å². The summed E-state index contributed by atoms with van der Waals surface area (Å²) in [5.41, 5.74) is 6.84. The summed E-state index contributed by atoms with van der Waals surface area (Å²) in [6.07, 6.45) is 0.639. The minimum atomic E-state index is -0.342. The van der Waals surface area contributed by atoms with E-state index in [9.17, 15) is 9.18 Å². The molecule has 1 unspecified atom stereocenters. The summed E-state index contributed by atoms with van der Waals surface area (Å²) >= 11 is 0. The number of amides is 1. The molecular weight excluding hydrogens is 235 g/mol. The zero-order valence-corrected chi connectivity index (χ0v) is 10.7. The molecule has 0 saturated carbocycles. The Hall–Kier alpha value is -1.46. The first-order valence-corrected chi connectivity index (χ1v) is 5.83. The zero-order valence-electron chi connectivity index (χ0n) is 10.7. The van der Waals surface area contributed by atoms with Crippen LogP contribution in [0.2, 0.25) is 0 Å². The molecule has 4 nitrogen and oxygen atoms in total. The van der Waals surface area contributed by atoms with Crippen LogP contribution in [0.4, 0.5) is 4.39 Å². The average Bonchev–Trinajstić information content (AvgIpc) is 2.29. The number of ether oxygens (including phenoxy) is 1. The van der Waals surface area contributed by atoms with Crippen LogP contribution in [0.5, 0.6) is 0 Å². The molecule has 1 atom stereocenters. The van der Waals surface area contributed by atoms with Crippen molar-refractivity contribution in [3.8, 4) is 0 Å². The van der Waals surface area contributed by atoms with Gasteiger partial charge in [0.1, 0.15) is 5.82 Å².